The van der Waals surface area contributed by atoms with Gasteiger partial charge in [-0.15, -0.1) is 11.3 Å². The number of hydrogen-bond acceptors (Lipinski definition) is 5. The second-order valence-electron chi connectivity index (χ2n) is 4.95. The average molecular weight is 304 g/mol. The summed E-state index contributed by atoms with van der Waals surface area (Å²) in [6.07, 6.45) is 0.818. The molecule has 1 aromatic heterocycles. The minimum atomic E-state index is -3.73. The van der Waals surface area contributed by atoms with Gasteiger partial charge in [0.2, 0.25) is 0 Å². The molecule has 1 unspecified atom stereocenters. The highest BCUT2D eigenvalue weighted by molar-refractivity contribution is 7.91. The Kier molecular flexibility index (Phi) is 3.93. The maximum Gasteiger partial charge on any atom is 0.356 e. The summed E-state index contributed by atoms with van der Waals surface area (Å²) in [4.78, 5) is 14.6. The molecule has 8 heteroatoms. The largest absolute Gasteiger partial charge is 0.476 e. The van der Waals surface area contributed by atoms with E-state index in [0.29, 0.717) is 24.9 Å². The smallest absolute Gasteiger partial charge is 0.356 e. The summed E-state index contributed by atoms with van der Waals surface area (Å²) in [5, 5.41) is 8.96. The van der Waals surface area contributed by atoms with Crippen molar-refractivity contribution in [3.05, 3.63) is 11.2 Å². The molecule has 1 aromatic rings. The SMILES string of the molecule is CC(C)C1CCN(S(=O)(=O)c2scnc2C(=O)O)C1. The molecule has 2 rings (SSSR count). The number of hydrogen-bond donors (Lipinski definition) is 1. The van der Waals surface area contributed by atoms with E-state index in [0.717, 1.165) is 17.8 Å². The molecular weight excluding hydrogens is 288 g/mol. The predicted octanol–water partition coefficient (Wildman–Crippen LogP) is 1.51. The summed E-state index contributed by atoms with van der Waals surface area (Å²) in [6.45, 7) is 5.03. The van der Waals surface area contributed by atoms with Crippen molar-refractivity contribution < 1.29 is 18.3 Å². The van der Waals surface area contributed by atoms with Crippen LogP contribution in [0.4, 0.5) is 0 Å². The zero-order valence-corrected chi connectivity index (χ0v) is 12.4. The molecular formula is C11H16N2O4S2. The van der Waals surface area contributed by atoms with E-state index in [4.69, 9.17) is 5.11 Å². The molecule has 106 valence electrons. The van der Waals surface area contributed by atoms with Crippen LogP contribution >= 0.6 is 11.3 Å². The van der Waals surface area contributed by atoms with Gasteiger partial charge in [0.05, 0.1) is 5.51 Å². The van der Waals surface area contributed by atoms with Crippen molar-refractivity contribution in [1.29, 1.82) is 0 Å². The first-order chi connectivity index (χ1) is 8.84. The standard InChI is InChI=1S/C11H16N2O4S2/c1-7(2)8-3-4-13(5-8)19(16,17)11-9(10(14)15)12-6-18-11/h6-8H,3-5H2,1-2H3,(H,14,15). The molecule has 0 bridgehead atoms. The highest BCUT2D eigenvalue weighted by Gasteiger charge is 2.37. The Morgan fingerprint density at radius 2 is 2.26 bits per heavy atom. The van der Waals surface area contributed by atoms with Gasteiger partial charge in [0, 0.05) is 13.1 Å². The number of aromatic carboxylic acids is 1. The van der Waals surface area contributed by atoms with Crippen LogP contribution in [0.15, 0.2) is 9.72 Å². The third-order valence-corrected chi connectivity index (χ3v) is 6.65. The first kappa shape index (κ1) is 14.4. The molecule has 2 heterocycles. The van der Waals surface area contributed by atoms with Gasteiger partial charge < -0.3 is 5.11 Å². The molecule has 1 aliphatic heterocycles. The van der Waals surface area contributed by atoms with Gasteiger partial charge in [-0.25, -0.2) is 18.2 Å². The quantitative estimate of drug-likeness (QED) is 0.911. The van der Waals surface area contributed by atoms with Crippen LogP contribution in [0.1, 0.15) is 30.8 Å². The third-order valence-electron chi connectivity index (χ3n) is 3.44. The van der Waals surface area contributed by atoms with E-state index in [9.17, 15) is 13.2 Å². The second-order valence-corrected chi connectivity index (χ2v) is 7.94. The zero-order valence-electron chi connectivity index (χ0n) is 10.7. The monoisotopic (exact) mass is 304 g/mol. The average Bonchev–Trinajstić information content (AvgIpc) is 2.98. The fourth-order valence-corrected chi connectivity index (χ4v) is 4.98. The predicted molar refractivity (Wildman–Crippen MR) is 70.8 cm³/mol. The molecule has 1 saturated heterocycles. The Morgan fingerprint density at radius 1 is 1.58 bits per heavy atom. The van der Waals surface area contributed by atoms with Crippen molar-refractivity contribution in [3.8, 4) is 0 Å². The molecule has 1 N–H and O–H groups in total. The van der Waals surface area contributed by atoms with E-state index in [1.807, 2.05) is 0 Å². The molecule has 0 radical (unpaired) electrons. The van der Waals surface area contributed by atoms with Crippen molar-refractivity contribution >= 4 is 27.3 Å². The van der Waals surface area contributed by atoms with Crippen LogP contribution in [0.5, 0.6) is 0 Å². The summed E-state index contributed by atoms with van der Waals surface area (Å²) >= 11 is 0.860. The van der Waals surface area contributed by atoms with Crippen molar-refractivity contribution in [3.63, 3.8) is 0 Å². The first-order valence-electron chi connectivity index (χ1n) is 6.01. The van der Waals surface area contributed by atoms with E-state index in [1.165, 1.54) is 9.82 Å². The summed E-state index contributed by atoms with van der Waals surface area (Å²) in [5.41, 5.74) is 0.879. The van der Waals surface area contributed by atoms with Crippen LogP contribution in [0, 0.1) is 11.8 Å². The Bertz CT molecular complexity index is 579. The van der Waals surface area contributed by atoms with Gasteiger partial charge in [0.1, 0.15) is 0 Å². The number of carboxylic acid groups (broad SMARTS) is 1. The van der Waals surface area contributed by atoms with E-state index in [2.05, 4.69) is 18.8 Å². The fraction of sp³-hybridized carbons (Fsp3) is 0.636. The number of nitrogens with zero attached hydrogens (tertiary/aromatic N) is 2. The van der Waals surface area contributed by atoms with Gasteiger partial charge in [-0.1, -0.05) is 13.8 Å². The molecule has 1 fully saturated rings. The van der Waals surface area contributed by atoms with E-state index in [-0.39, 0.29) is 9.90 Å². The summed E-state index contributed by atoms with van der Waals surface area (Å²) < 4.78 is 26.1. The van der Waals surface area contributed by atoms with Crippen LogP contribution in [-0.4, -0.2) is 41.9 Å². The Labute approximate surface area is 116 Å². The molecule has 1 aliphatic rings. The molecule has 6 nitrogen and oxygen atoms in total. The molecule has 0 aliphatic carbocycles. The lowest BCUT2D eigenvalue weighted by atomic mass is 9.96. The summed E-state index contributed by atoms with van der Waals surface area (Å²) in [5.74, 6) is -0.559. The summed E-state index contributed by atoms with van der Waals surface area (Å²) in [7, 11) is -3.73. The maximum absolute atomic E-state index is 12.4. The third kappa shape index (κ3) is 2.65. The number of carboxylic acids is 1. The number of carbonyl (C=O) groups is 1. The molecule has 0 amide bonds. The van der Waals surface area contributed by atoms with E-state index < -0.39 is 16.0 Å². The lowest BCUT2D eigenvalue weighted by molar-refractivity contribution is 0.0687. The lowest BCUT2D eigenvalue weighted by Crippen LogP contribution is -2.30. The van der Waals surface area contributed by atoms with Crippen LogP contribution in [-0.2, 0) is 10.0 Å². The highest BCUT2D eigenvalue weighted by Crippen LogP contribution is 2.31. The number of rotatable bonds is 4. The molecule has 0 saturated carbocycles. The number of thiazole rings is 1. The fourth-order valence-electron chi connectivity index (χ4n) is 2.19. The van der Waals surface area contributed by atoms with Crippen molar-refractivity contribution in [2.45, 2.75) is 24.5 Å². The normalized spacial score (nSPS) is 21.1. The summed E-state index contributed by atoms with van der Waals surface area (Å²) in [6, 6.07) is 0. The van der Waals surface area contributed by atoms with Gasteiger partial charge in [0.25, 0.3) is 10.0 Å². The first-order valence-corrected chi connectivity index (χ1v) is 8.33. The lowest BCUT2D eigenvalue weighted by Gasteiger charge is -2.17. The zero-order chi connectivity index (χ0) is 14.2. The van der Waals surface area contributed by atoms with Gasteiger partial charge in [-0.05, 0) is 18.3 Å². The van der Waals surface area contributed by atoms with Crippen LogP contribution in [0.25, 0.3) is 0 Å². The Morgan fingerprint density at radius 3 is 2.79 bits per heavy atom. The Hall–Kier alpha value is -0.990. The number of sulfonamides is 1. The topological polar surface area (TPSA) is 87.6 Å². The minimum absolute atomic E-state index is 0.163. The second kappa shape index (κ2) is 5.18. The molecule has 0 aromatic carbocycles. The molecule has 19 heavy (non-hydrogen) atoms. The molecule has 0 spiro atoms. The van der Waals surface area contributed by atoms with Crippen LogP contribution in [0.3, 0.4) is 0 Å². The minimum Gasteiger partial charge on any atom is -0.476 e. The number of aromatic nitrogens is 1. The van der Waals surface area contributed by atoms with Crippen molar-refractivity contribution in [2.75, 3.05) is 13.1 Å². The van der Waals surface area contributed by atoms with E-state index >= 15 is 0 Å². The Balaban J connectivity index is 2.29. The maximum atomic E-state index is 12.4. The van der Waals surface area contributed by atoms with Gasteiger partial charge in [0.15, 0.2) is 9.90 Å². The highest BCUT2D eigenvalue weighted by atomic mass is 32.2. The van der Waals surface area contributed by atoms with Gasteiger partial charge in [-0.3, -0.25) is 0 Å². The van der Waals surface area contributed by atoms with Crippen LogP contribution < -0.4 is 0 Å². The van der Waals surface area contributed by atoms with Gasteiger partial charge in [-0.2, -0.15) is 4.31 Å². The van der Waals surface area contributed by atoms with E-state index in [1.54, 1.807) is 0 Å². The van der Waals surface area contributed by atoms with Crippen molar-refractivity contribution in [2.24, 2.45) is 11.8 Å². The molecule has 1 atom stereocenters. The van der Waals surface area contributed by atoms with Crippen molar-refractivity contribution in [1.82, 2.24) is 9.29 Å². The van der Waals surface area contributed by atoms with Gasteiger partial charge >= 0.3 is 5.97 Å². The van der Waals surface area contributed by atoms with Crippen LogP contribution in [0.2, 0.25) is 0 Å².